The minimum atomic E-state index is -3.99. The molecule has 2 aromatic rings. The Bertz CT molecular complexity index is 867. The summed E-state index contributed by atoms with van der Waals surface area (Å²) in [4.78, 5) is -0.00291. The van der Waals surface area contributed by atoms with Crippen molar-refractivity contribution in [1.82, 2.24) is 0 Å². The van der Waals surface area contributed by atoms with Gasteiger partial charge in [-0.25, -0.2) is 12.8 Å². The molecule has 24 heavy (non-hydrogen) atoms. The van der Waals surface area contributed by atoms with Crippen LogP contribution in [0.2, 0.25) is 0 Å². The molecule has 5 nitrogen and oxygen atoms in total. The van der Waals surface area contributed by atoms with Gasteiger partial charge in [0.25, 0.3) is 10.0 Å². The second-order valence-corrected chi connectivity index (χ2v) is 6.94. The maximum Gasteiger partial charge on any atom is 0.264 e. The number of hydrogen-bond acceptors (Lipinski definition) is 4. The Balaban J connectivity index is 2.06. The van der Waals surface area contributed by atoms with Crippen LogP contribution < -0.4 is 13.8 Å². The van der Waals surface area contributed by atoms with Crippen molar-refractivity contribution >= 4 is 15.7 Å². The Hall–Kier alpha value is -2.54. The van der Waals surface area contributed by atoms with E-state index in [1.54, 1.807) is 6.07 Å². The highest BCUT2D eigenvalue weighted by atomic mass is 32.2. The van der Waals surface area contributed by atoms with Gasteiger partial charge in [0.15, 0.2) is 11.5 Å². The summed E-state index contributed by atoms with van der Waals surface area (Å²) in [6.45, 7) is 4.26. The van der Waals surface area contributed by atoms with Crippen LogP contribution in [0.15, 0.2) is 60.0 Å². The second-order valence-electron chi connectivity index (χ2n) is 5.08. The molecule has 0 aromatic heterocycles. The van der Waals surface area contributed by atoms with E-state index in [1.807, 2.05) is 0 Å². The summed E-state index contributed by atoms with van der Waals surface area (Å²) < 4.78 is 51.8. The van der Waals surface area contributed by atoms with Crippen molar-refractivity contribution in [1.29, 1.82) is 0 Å². The first-order valence-electron chi connectivity index (χ1n) is 7.32. The van der Waals surface area contributed by atoms with Crippen LogP contribution in [-0.2, 0) is 10.0 Å². The molecule has 0 aliphatic carbocycles. The lowest BCUT2D eigenvalue weighted by molar-refractivity contribution is 0.171. The van der Waals surface area contributed by atoms with E-state index in [9.17, 15) is 12.8 Å². The zero-order valence-electron chi connectivity index (χ0n) is 12.8. The summed E-state index contributed by atoms with van der Waals surface area (Å²) in [5.41, 5.74) is -0.0349. The van der Waals surface area contributed by atoms with Crippen LogP contribution >= 0.6 is 0 Å². The predicted octanol–water partition coefficient (Wildman–Crippen LogP) is 2.98. The smallest absolute Gasteiger partial charge is 0.264 e. The third-order valence-electron chi connectivity index (χ3n) is 3.52. The van der Waals surface area contributed by atoms with E-state index in [-0.39, 0.29) is 17.1 Å². The Labute approximate surface area is 140 Å². The van der Waals surface area contributed by atoms with Crippen LogP contribution in [0.5, 0.6) is 11.5 Å². The minimum Gasteiger partial charge on any atom is -0.486 e. The monoisotopic (exact) mass is 349 g/mol. The van der Waals surface area contributed by atoms with Crippen molar-refractivity contribution in [3.8, 4) is 11.5 Å². The summed E-state index contributed by atoms with van der Waals surface area (Å²) in [5, 5.41) is 0. The average Bonchev–Trinajstić information content (AvgIpc) is 2.60. The number of anilines is 1. The van der Waals surface area contributed by atoms with E-state index >= 15 is 0 Å². The van der Waals surface area contributed by atoms with Gasteiger partial charge in [0.2, 0.25) is 0 Å². The topological polar surface area (TPSA) is 55.8 Å². The summed E-state index contributed by atoms with van der Waals surface area (Å²) in [6, 6.07) is 10.0. The first-order valence-corrected chi connectivity index (χ1v) is 8.76. The minimum absolute atomic E-state index is 0.00291. The summed E-state index contributed by atoms with van der Waals surface area (Å²) in [6.07, 6.45) is 1.40. The average molecular weight is 349 g/mol. The third kappa shape index (κ3) is 2.94. The first-order chi connectivity index (χ1) is 11.5. The molecule has 7 heteroatoms. The molecule has 0 saturated carbocycles. The molecule has 0 radical (unpaired) electrons. The van der Waals surface area contributed by atoms with Gasteiger partial charge in [-0.15, -0.1) is 6.58 Å². The van der Waals surface area contributed by atoms with E-state index in [2.05, 4.69) is 6.58 Å². The van der Waals surface area contributed by atoms with Crippen molar-refractivity contribution in [2.45, 2.75) is 4.90 Å². The molecule has 0 bridgehead atoms. The van der Waals surface area contributed by atoms with Crippen LogP contribution in [0.25, 0.3) is 0 Å². The molecule has 1 aliphatic rings. The van der Waals surface area contributed by atoms with Crippen LogP contribution in [0.1, 0.15) is 0 Å². The highest BCUT2D eigenvalue weighted by molar-refractivity contribution is 7.92. The lowest BCUT2D eigenvalue weighted by atomic mass is 10.3. The highest BCUT2D eigenvalue weighted by Gasteiger charge is 2.27. The van der Waals surface area contributed by atoms with Crippen molar-refractivity contribution in [2.75, 3.05) is 24.1 Å². The standard InChI is InChI=1S/C17H16FNO4S/c1-2-9-19(15-6-4-3-5-14(15)18)24(20,21)13-7-8-16-17(12-13)23-11-10-22-16/h2-8,12H,1,9-11H2. The largest absolute Gasteiger partial charge is 0.486 e. The molecule has 1 heterocycles. The van der Waals surface area contributed by atoms with Gasteiger partial charge in [-0.2, -0.15) is 0 Å². The van der Waals surface area contributed by atoms with E-state index in [4.69, 9.17) is 9.47 Å². The van der Waals surface area contributed by atoms with Gasteiger partial charge in [0.1, 0.15) is 19.0 Å². The maximum absolute atomic E-state index is 14.1. The van der Waals surface area contributed by atoms with Gasteiger partial charge in [-0.3, -0.25) is 4.31 Å². The normalized spacial score (nSPS) is 13.4. The van der Waals surface area contributed by atoms with Crippen molar-refractivity contribution in [3.63, 3.8) is 0 Å². The van der Waals surface area contributed by atoms with Gasteiger partial charge >= 0.3 is 0 Å². The molecule has 2 aromatic carbocycles. The number of sulfonamides is 1. The maximum atomic E-state index is 14.1. The molecule has 126 valence electrons. The van der Waals surface area contributed by atoms with Crippen LogP contribution in [0.4, 0.5) is 10.1 Å². The number of fused-ring (bicyclic) bond motifs is 1. The van der Waals surface area contributed by atoms with Gasteiger partial charge in [0.05, 0.1) is 17.1 Å². The van der Waals surface area contributed by atoms with Crippen LogP contribution in [0, 0.1) is 5.82 Å². The molecule has 0 spiro atoms. The molecule has 0 amide bonds. The summed E-state index contributed by atoms with van der Waals surface area (Å²) in [7, 11) is -3.99. The fourth-order valence-corrected chi connectivity index (χ4v) is 3.87. The van der Waals surface area contributed by atoms with Crippen molar-refractivity contribution in [3.05, 3.63) is 60.9 Å². The SMILES string of the molecule is C=CCN(c1ccccc1F)S(=O)(=O)c1ccc2c(c1)OCCO2. The third-order valence-corrected chi connectivity index (χ3v) is 5.29. The number of rotatable bonds is 5. The fourth-order valence-electron chi connectivity index (χ4n) is 2.41. The predicted molar refractivity (Wildman–Crippen MR) is 88.6 cm³/mol. The highest BCUT2D eigenvalue weighted by Crippen LogP contribution is 2.34. The number of para-hydroxylation sites is 1. The van der Waals surface area contributed by atoms with Gasteiger partial charge in [-0.05, 0) is 24.3 Å². The van der Waals surface area contributed by atoms with E-state index in [0.717, 1.165) is 4.31 Å². The number of benzene rings is 2. The van der Waals surface area contributed by atoms with Crippen LogP contribution in [0.3, 0.4) is 0 Å². The van der Waals surface area contributed by atoms with Crippen molar-refractivity contribution < 1.29 is 22.3 Å². The number of ether oxygens (including phenoxy) is 2. The molecule has 0 saturated heterocycles. The first kappa shape index (κ1) is 16.3. The molecular weight excluding hydrogens is 333 g/mol. The molecule has 1 aliphatic heterocycles. The molecule has 0 unspecified atom stereocenters. The molecule has 0 atom stereocenters. The number of halogens is 1. The molecular formula is C17H16FNO4S. The van der Waals surface area contributed by atoms with E-state index < -0.39 is 15.8 Å². The molecule has 0 fully saturated rings. The Kier molecular flexibility index (Phi) is 4.44. The zero-order chi connectivity index (χ0) is 17.2. The van der Waals surface area contributed by atoms with E-state index in [0.29, 0.717) is 24.7 Å². The van der Waals surface area contributed by atoms with Crippen molar-refractivity contribution in [2.24, 2.45) is 0 Å². The van der Waals surface area contributed by atoms with Crippen LogP contribution in [-0.4, -0.2) is 28.2 Å². The summed E-state index contributed by atoms with van der Waals surface area (Å²) in [5.74, 6) is 0.219. The lowest BCUT2D eigenvalue weighted by Gasteiger charge is -2.25. The summed E-state index contributed by atoms with van der Waals surface area (Å²) >= 11 is 0. The van der Waals surface area contributed by atoms with Gasteiger partial charge < -0.3 is 9.47 Å². The Morgan fingerprint density at radius 2 is 1.83 bits per heavy atom. The Morgan fingerprint density at radius 3 is 2.54 bits per heavy atom. The Morgan fingerprint density at radius 1 is 1.12 bits per heavy atom. The number of hydrogen-bond donors (Lipinski definition) is 0. The number of nitrogens with zero attached hydrogens (tertiary/aromatic N) is 1. The van der Waals surface area contributed by atoms with E-state index in [1.165, 1.54) is 42.5 Å². The quantitative estimate of drug-likeness (QED) is 0.779. The zero-order valence-corrected chi connectivity index (χ0v) is 13.6. The fraction of sp³-hybridized carbons (Fsp3) is 0.176. The van der Waals surface area contributed by atoms with Gasteiger partial charge in [0, 0.05) is 6.07 Å². The molecule has 3 rings (SSSR count). The molecule has 0 N–H and O–H groups in total. The second kappa shape index (κ2) is 6.52. The lowest BCUT2D eigenvalue weighted by Crippen LogP contribution is -2.32. The van der Waals surface area contributed by atoms with Gasteiger partial charge in [-0.1, -0.05) is 18.2 Å².